The molecule has 2 amide bonds. The van der Waals surface area contributed by atoms with Crippen molar-refractivity contribution in [2.75, 3.05) is 16.8 Å². The second-order valence-corrected chi connectivity index (χ2v) is 6.36. The first-order valence-electron chi connectivity index (χ1n) is 8.43. The van der Waals surface area contributed by atoms with Gasteiger partial charge in [0, 0.05) is 30.3 Å². The van der Waals surface area contributed by atoms with Crippen LogP contribution in [0.25, 0.3) is 0 Å². The van der Waals surface area contributed by atoms with Crippen LogP contribution in [0.15, 0.2) is 18.2 Å². The summed E-state index contributed by atoms with van der Waals surface area (Å²) in [5, 5.41) is 2.93. The van der Waals surface area contributed by atoms with E-state index < -0.39 is 0 Å². The van der Waals surface area contributed by atoms with Crippen LogP contribution in [-0.4, -0.2) is 18.4 Å². The molecule has 1 aromatic carbocycles. The highest BCUT2D eigenvalue weighted by molar-refractivity contribution is 5.98. The molecule has 3 rings (SSSR count). The number of hydrogen-bond acceptors (Lipinski definition) is 2. The number of fused-ring (bicyclic) bond motifs is 1. The highest BCUT2D eigenvalue weighted by Crippen LogP contribution is 2.34. The summed E-state index contributed by atoms with van der Waals surface area (Å²) in [4.78, 5) is 26.2. The van der Waals surface area contributed by atoms with E-state index in [1.165, 1.54) is 18.4 Å². The van der Waals surface area contributed by atoms with Crippen LogP contribution in [0.1, 0.15) is 51.0 Å². The van der Waals surface area contributed by atoms with Gasteiger partial charge in [-0.05, 0) is 49.4 Å². The molecule has 1 N–H and O–H groups in total. The molecule has 2 aliphatic rings. The van der Waals surface area contributed by atoms with Crippen molar-refractivity contribution in [1.29, 1.82) is 0 Å². The van der Waals surface area contributed by atoms with Gasteiger partial charge in [0.15, 0.2) is 0 Å². The predicted octanol–water partition coefficient (Wildman–Crippen LogP) is 3.50. The molecule has 0 atom stereocenters. The summed E-state index contributed by atoms with van der Waals surface area (Å²) in [5.41, 5.74) is 3.04. The molecule has 1 aromatic rings. The molecule has 0 spiro atoms. The Morgan fingerprint density at radius 3 is 2.77 bits per heavy atom. The average molecular weight is 300 g/mol. The van der Waals surface area contributed by atoms with Crippen LogP contribution in [0.2, 0.25) is 0 Å². The summed E-state index contributed by atoms with van der Waals surface area (Å²) in [6, 6.07) is 5.91. The number of hydrogen-bond donors (Lipinski definition) is 1. The van der Waals surface area contributed by atoms with Crippen LogP contribution < -0.4 is 10.2 Å². The first-order chi connectivity index (χ1) is 10.7. The van der Waals surface area contributed by atoms with Gasteiger partial charge in [-0.1, -0.05) is 19.8 Å². The Balaban J connectivity index is 1.72. The molecule has 1 saturated carbocycles. The van der Waals surface area contributed by atoms with Crippen LogP contribution in [0.5, 0.6) is 0 Å². The number of carbonyl (C=O) groups is 2. The Morgan fingerprint density at radius 2 is 2.05 bits per heavy atom. The van der Waals surface area contributed by atoms with E-state index in [0.29, 0.717) is 12.3 Å². The fraction of sp³-hybridized carbons (Fsp3) is 0.556. The maximum absolute atomic E-state index is 12.6. The molecule has 0 saturated heterocycles. The Bertz CT molecular complexity index is 576. The number of benzene rings is 1. The maximum atomic E-state index is 12.6. The van der Waals surface area contributed by atoms with Gasteiger partial charge < -0.3 is 10.2 Å². The molecule has 0 aromatic heterocycles. The van der Waals surface area contributed by atoms with E-state index in [1.807, 2.05) is 30.0 Å². The quantitative estimate of drug-likeness (QED) is 0.925. The molecule has 1 aliphatic heterocycles. The zero-order chi connectivity index (χ0) is 15.5. The van der Waals surface area contributed by atoms with Crippen molar-refractivity contribution < 1.29 is 9.59 Å². The smallest absolute Gasteiger partial charge is 0.230 e. The second kappa shape index (κ2) is 6.51. The lowest BCUT2D eigenvalue weighted by atomic mass is 10.1. The van der Waals surface area contributed by atoms with E-state index in [-0.39, 0.29) is 11.8 Å². The zero-order valence-electron chi connectivity index (χ0n) is 13.2. The molecule has 22 heavy (non-hydrogen) atoms. The summed E-state index contributed by atoms with van der Waals surface area (Å²) in [5.74, 6) is 0.563. The molecule has 4 heteroatoms. The normalized spacial score (nSPS) is 17.6. The summed E-state index contributed by atoms with van der Waals surface area (Å²) >= 11 is 0. The standard InChI is InChI=1S/C18H24N2O2/c1-2-5-17(21)19-15-8-9-16-14(12-15)10-11-20(16)18(22)13-6-3-4-7-13/h8-9,12-13H,2-7,10-11H2,1H3,(H,19,21). The van der Waals surface area contributed by atoms with E-state index in [2.05, 4.69) is 5.32 Å². The van der Waals surface area contributed by atoms with Crippen LogP contribution in [-0.2, 0) is 16.0 Å². The van der Waals surface area contributed by atoms with Crippen LogP contribution in [0.3, 0.4) is 0 Å². The Hall–Kier alpha value is -1.84. The molecule has 1 fully saturated rings. The van der Waals surface area contributed by atoms with Gasteiger partial charge in [0.2, 0.25) is 11.8 Å². The van der Waals surface area contributed by atoms with Crippen molar-refractivity contribution in [3.05, 3.63) is 23.8 Å². The lowest BCUT2D eigenvalue weighted by molar-refractivity contribution is -0.122. The van der Waals surface area contributed by atoms with Crippen molar-refractivity contribution in [2.45, 2.75) is 51.9 Å². The molecule has 0 unspecified atom stereocenters. The summed E-state index contributed by atoms with van der Waals surface area (Å²) in [6.45, 7) is 2.77. The minimum atomic E-state index is 0.0549. The van der Waals surface area contributed by atoms with Crippen LogP contribution in [0, 0.1) is 5.92 Å². The summed E-state index contributed by atoms with van der Waals surface area (Å²) in [6.07, 6.45) is 6.71. The molecule has 0 radical (unpaired) electrons. The van der Waals surface area contributed by atoms with E-state index in [0.717, 1.165) is 43.6 Å². The lowest BCUT2D eigenvalue weighted by Gasteiger charge is -2.21. The van der Waals surface area contributed by atoms with Gasteiger partial charge in [0.05, 0.1) is 0 Å². The summed E-state index contributed by atoms with van der Waals surface area (Å²) in [7, 11) is 0. The maximum Gasteiger partial charge on any atom is 0.230 e. The Labute approximate surface area is 131 Å². The molecule has 118 valence electrons. The fourth-order valence-corrected chi connectivity index (χ4v) is 3.55. The molecule has 1 heterocycles. The van der Waals surface area contributed by atoms with Gasteiger partial charge in [-0.3, -0.25) is 9.59 Å². The van der Waals surface area contributed by atoms with Crippen molar-refractivity contribution in [1.82, 2.24) is 0 Å². The third-order valence-corrected chi connectivity index (χ3v) is 4.71. The number of carbonyl (C=O) groups excluding carboxylic acids is 2. The van der Waals surface area contributed by atoms with E-state index in [1.54, 1.807) is 0 Å². The van der Waals surface area contributed by atoms with Crippen molar-refractivity contribution in [3.8, 4) is 0 Å². The minimum Gasteiger partial charge on any atom is -0.326 e. The molecule has 0 bridgehead atoms. The van der Waals surface area contributed by atoms with Gasteiger partial charge in [-0.15, -0.1) is 0 Å². The van der Waals surface area contributed by atoms with Crippen LogP contribution in [0.4, 0.5) is 11.4 Å². The zero-order valence-corrected chi connectivity index (χ0v) is 13.2. The van der Waals surface area contributed by atoms with Gasteiger partial charge in [0.1, 0.15) is 0 Å². The van der Waals surface area contributed by atoms with Crippen molar-refractivity contribution in [3.63, 3.8) is 0 Å². The van der Waals surface area contributed by atoms with Gasteiger partial charge in [-0.2, -0.15) is 0 Å². The van der Waals surface area contributed by atoms with E-state index in [9.17, 15) is 9.59 Å². The average Bonchev–Trinajstić information content (AvgIpc) is 3.16. The summed E-state index contributed by atoms with van der Waals surface area (Å²) < 4.78 is 0. The Morgan fingerprint density at radius 1 is 1.27 bits per heavy atom. The first-order valence-corrected chi connectivity index (χ1v) is 8.43. The lowest BCUT2D eigenvalue weighted by Crippen LogP contribution is -2.33. The highest BCUT2D eigenvalue weighted by atomic mass is 16.2. The third-order valence-electron chi connectivity index (χ3n) is 4.71. The van der Waals surface area contributed by atoms with Crippen molar-refractivity contribution in [2.24, 2.45) is 5.92 Å². The minimum absolute atomic E-state index is 0.0549. The SMILES string of the molecule is CCCC(=O)Nc1ccc2c(c1)CCN2C(=O)C1CCCC1. The van der Waals surface area contributed by atoms with Gasteiger partial charge >= 0.3 is 0 Å². The number of rotatable bonds is 4. The van der Waals surface area contributed by atoms with Gasteiger partial charge in [-0.25, -0.2) is 0 Å². The Kier molecular flexibility index (Phi) is 4.46. The molecular weight excluding hydrogens is 276 g/mol. The van der Waals surface area contributed by atoms with E-state index >= 15 is 0 Å². The number of nitrogens with zero attached hydrogens (tertiary/aromatic N) is 1. The topological polar surface area (TPSA) is 49.4 Å². The monoisotopic (exact) mass is 300 g/mol. The van der Waals surface area contributed by atoms with E-state index in [4.69, 9.17) is 0 Å². The fourth-order valence-electron chi connectivity index (χ4n) is 3.55. The van der Waals surface area contributed by atoms with Gasteiger partial charge in [0.25, 0.3) is 0 Å². The second-order valence-electron chi connectivity index (χ2n) is 6.36. The number of anilines is 2. The number of nitrogens with one attached hydrogen (secondary N) is 1. The third kappa shape index (κ3) is 3.01. The van der Waals surface area contributed by atoms with Crippen molar-refractivity contribution >= 4 is 23.2 Å². The van der Waals surface area contributed by atoms with Crippen LogP contribution >= 0.6 is 0 Å². The largest absolute Gasteiger partial charge is 0.326 e. The molecule has 4 nitrogen and oxygen atoms in total. The predicted molar refractivity (Wildman–Crippen MR) is 88.0 cm³/mol. The molecule has 1 aliphatic carbocycles. The first kappa shape index (κ1) is 15.1. The molecular formula is C18H24N2O2. The number of amides is 2. The highest BCUT2D eigenvalue weighted by Gasteiger charge is 2.31.